The standard InChI is InChI=1S/C29H39N3O6S/c1-18-5-7-19(8-6-18)26(34)32(23-16-22(9-12-29(2,3)4)39-25(23)27(35)36)20-10-13-31(14-11-20)28(37)38-21-15-24(33)30-17-21/h16,18-21H,5-8,10-11,13-15,17H2,1-4H3,(H,30,33)(H,35,36)/t18-,19-,21-/m1/s1. The highest BCUT2D eigenvalue weighted by Gasteiger charge is 2.38. The van der Waals surface area contributed by atoms with Gasteiger partial charge < -0.3 is 25.0 Å². The van der Waals surface area contributed by atoms with E-state index < -0.39 is 18.2 Å². The maximum Gasteiger partial charge on any atom is 0.410 e. The van der Waals surface area contributed by atoms with E-state index in [-0.39, 0.29) is 40.5 Å². The number of rotatable bonds is 5. The molecular weight excluding hydrogens is 518 g/mol. The molecule has 10 heteroatoms. The number of carboxylic acids is 1. The topological polar surface area (TPSA) is 116 Å². The summed E-state index contributed by atoms with van der Waals surface area (Å²) < 4.78 is 5.49. The quantitative estimate of drug-likeness (QED) is 0.516. The highest BCUT2D eigenvalue weighted by atomic mass is 32.1. The van der Waals surface area contributed by atoms with Crippen molar-refractivity contribution in [2.75, 3.05) is 24.5 Å². The number of hydrogen-bond acceptors (Lipinski definition) is 6. The number of hydrogen-bond donors (Lipinski definition) is 2. The molecule has 4 rings (SSSR count). The zero-order valence-electron chi connectivity index (χ0n) is 23.2. The molecule has 2 aliphatic heterocycles. The van der Waals surface area contributed by atoms with E-state index in [1.54, 1.807) is 15.9 Å². The Bertz CT molecular complexity index is 1160. The van der Waals surface area contributed by atoms with Gasteiger partial charge in [-0.25, -0.2) is 9.59 Å². The number of ether oxygens (including phenoxy) is 1. The van der Waals surface area contributed by atoms with Crippen LogP contribution in [0.1, 0.15) is 87.2 Å². The molecule has 1 aromatic rings. The minimum absolute atomic E-state index is 0.0332. The average molecular weight is 558 g/mol. The lowest BCUT2D eigenvalue weighted by Gasteiger charge is -2.40. The van der Waals surface area contributed by atoms with E-state index in [0.717, 1.165) is 37.0 Å². The molecule has 3 fully saturated rings. The number of carbonyl (C=O) groups is 4. The lowest BCUT2D eigenvalue weighted by molar-refractivity contribution is -0.124. The normalized spacial score (nSPS) is 23.9. The largest absolute Gasteiger partial charge is 0.477 e. The molecule has 3 heterocycles. The van der Waals surface area contributed by atoms with E-state index in [4.69, 9.17) is 4.74 Å². The lowest BCUT2D eigenvalue weighted by atomic mass is 9.82. The van der Waals surface area contributed by atoms with Crippen LogP contribution in [0.25, 0.3) is 0 Å². The fraction of sp³-hybridized carbons (Fsp3) is 0.655. The zero-order valence-corrected chi connectivity index (χ0v) is 24.1. The second kappa shape index (κ2) is 12.0. The van der Waals surface area contributed by atoms with Gasteiger partial charge in [0.25, 0.3) is 0 Å². The summed E-state index contributed by atoms with van der Waals surface area (Å²) in [6, 6.07) is 1.51. The predicted molar refractivity (Wildman–Crippen MR) is 149 cm³/mol. The number of amides is 3. The van der Waals surface area contributed by atoms with Gasteiger partial charge in [0, 0.05) is 30.5 Å². The molecule has 0 spiro atoms. The molecule has 0 unspecified atom stereocenters. The van der Waals surface area contributed by atoms with Crippen molar-refractivity contribution in [2.45, 2.75) is 84.8 Å². The van der Waals surface area contributed by atoms with Gasteiger partial charge in [0.15, 0.2) is 0 Å². The molecule has 2 saturated heterocycles. The molecule has 1 aromatic heterocycles. The van der Waals surface area contributed by atoms with Crippen molar-refractivity contribution in [2.24, 2.45) is 17.3 Å². The summed E-state index contributed by atoms with van der Waals surface area (Å²) in [6.07, 6.45) is 3.78. The van der Waals surface area contributed by atoms with Gasteiger partial charge in [-0.1, -0.05) is 18.8 Å². The molecule has 3 amide bonds. The Morgan fingerprint density at radius 2 is 1.79 bits per heavy atom. The molecule has 2 N–H and O–H groups in total. The van der Waals surface area contributed by atoms with Gasteiger partial charge in [0.2, 0.25) is 11.8 Å². The number of carboxylic acid groups (broad SMARTS) is 1. The number of anilines is 1. The van der Waals surface area contributed by atoms with Crippen LogP contribution < -0.4 is 10.2 Å². The van der Waals surface area contributed by atoms with Gasteiger partial charge in [0.1, 0.15) is 11.0 Å². The van der Waals surface area contributed by atoms with E-state index in [1.165, 1.54) is 0 Å². The van der Waals surface area contributed by atoms with Crippen LogP contribution >= 0.6 is 11.3 Å². The zero-order chi connectivity index (χ0) is 28.3. The third-order valence-electron chi connectivity index (χ3n) is 7.62. The van der Waals surface area contributed by atoms with Gasteiger partial charge in [-0.3, -0.25) is 9.59 Å². The molecule has 0 aromatic carbocycles. The number of aromatic carboxylic acids is 1. The van der Waals surface area contributed by atoms with Crippen LogP contribution in [0.5, 0.6) is 0 Å². The number of piperidine rings is 1. The van der Waals surface area contributed by atoms with Crippen LogP contribution in [0, 0.1) is 29.1 Å². The minimum atomic E-state index is -1.07. The molecular formula is C29H39N3O6S. The third kappa shape index (κ3) is 7.33. The Kier molecular flexibility index (Phi) is 8.90. The Labute approximate surface area is 234 Å². The number of nitrogens with one attached hydrogen (secondary N) is 1. The van der Waals surface area contributed by atoms with Crippen molar-refractivity contribution in [3.63, 3.8) is 0 Å². The number of carbonyl (C=O) groups excluding carboxylic acids is 3. The van der Waals surface area contributed by atoms with Crippen LogP contribution in [0.3, 0.4) is 0 Å². The summed E-state index contributed by atoms with van der Waals surface area (Å²) in [7, 11) is 0. The maximum absolute atomic E-state index is 14.0. The van der Waals surface area contributed by atoms with Gasteiger partial charge in [0.05, 0.1) is 23.5 Å². The van der Waals surface area contributed by atoms with Crippen molar-refractivity contribution in [1.82, 2.24) is 10.2 Å². The van der Waals surface area contributed by atoms with Gasteiger partial charge in [-0.05, 0) is 71.3 Å². The fourth-order valence-electron chi connectivity index (χ4n) is 5.41. The fourth-order valence-corrected chi connectivity index (χ4v) is 6.25. The summed E-state index contributed by atoms with van der Waals surface area (Å²) in [5, 5.41) is 12.7. The van der Waals surface area contributed by atoms with Crippen molar-refractivity contribution in [3.8, 4) is 11.8 Å². The first-order chi connectivity index (χ1) is 18.4. The van der Waals surface area contributed by atoms with Crippen LogP contribution in [-0.2, 0) is 14.3 Å². The smallest absolute Gasteiger partial charge is 0.410 e. The molecule has 0 bridgehead atoms. The third-order valence-corrected chi connectivity index (χ3v) is 8.65. The van der Waals surface area contributed by atoms with Crippen LogP contribution in [-0.4, -0.2) is 65.7 Å². The van der Waals surface area contributed by atoms with Crippen molar-refractivity contribution in [3.05, 3.63) is 15.8 Å². The monoisotopic (exact) mass is 557 g/mol. The number of thiophene rings is 1. The van der Waals surface area contributed by atoms with E-state index in [0.29, 0.717) is 49.0 Å². The second-order valence-electron chi connectivity index (χ2n) is 12.0. The summed E-state index contributed by atoms with van der Waals surface area (Å²) in [5.74, 6) is 5.47. The molecule has 9 nitrogen and oxygen atoms in total. The highest BCUT2D eigenvalue weighted by molar-refractivity contribution is 7.15. The Morgan fingerprint density at radius 1 is 1.13 bits per heavy atom. The molecule has 3 aliphatic rings. The molecule has 212 valence electrons. The number of nitrogens with zero attached hydrogens (tertiary/aromatic N) is 2. The second-order valence-corrected chi connectivity index (χ2v) is 13.1. The summed E-state index contributed by atoms with van der Waals surface area (Å²) in [4.78, 5) is 54.6. The van der Waals surface area contributed by atoms with Crippen molar-refractivity contribution in [1.29, 1.82) is 0 Å². The van der Waals surface area contributed by atoms with E-state index in [9.17, 15) is 24.3 Å². The summed E-state index contributed by atoms with van der Waals surface area (Å²) >= 11 is 1.10. The van der Waals surface area contributed by atoms with Crippen LogP contribution in [0.15, 0.2) is 6.07 Å². The first-order valence-corrected chi connectivity index (χ1v) is 14.7. The molecule has 0 radical (unpaired) electrons. The van der Waals surface area contributed by atoms with Crippen LogP contribution in [0.4, 0.5) is 10.5 Å². The van der Waals surface area contributed by atoms with Gasteiger partial charge in [-0.2, -0.15) is 0 Å². The first-order valence-electron chi connectivity index (χ1n) is 13.9. The highest BCUT2D eigenvalue weighted by Crippen LogP contribution is 2.38. The Balaban J connectivity index is 1.57. The van der Waals surface area contributed by atoms with Crippen molar-refractivity contribution >= 4 is 40.9 Å². The Morgan fingerprint density at radius 3 is 2.36 bits per heavy atom. The lowest BCUT2D eigenvalue weighted by Crippen LogP contribution is -2.51. The van der Waals surface area contributed by atoms with Gasteiger partial charge >= 0.3 is 12.1 Å². The average Bonchev–Trinajstić information content (AvgIpc) is 3.49. The van der Waals surface area contributed by atoms with E-state index in [2.05, 4.69) is 24.1 Å². The first kappa shape index (κ1) is 28.9. The predicted octanol–water partition coefficient (Wildman–Crippen LogP) is 4.49. The molecule has 1 saturated carbocycles. The summed E-state index contributed by atoms with van der Waals surface area (Å²) in [5.41, 5.74) is 0.163. The van der Waals surface area contributed by atoms with Crippen LogP contribution in [0.2, 0.25) is 0 Å². The maximum atomic E-state index is 14.0. The number of likely N-dealkylation sites (tertiary alicyclic amines) is 1. The minimum Gasteiger partial charge on any atom is -0.477 e. The van der Waals surface area contributed by atoms with E-state index in [1.807, 2.05) is 20.8 Å². The molecule has 1 atom stereocenters. The Hall–Kier alpha value is -3.06. The van der Waals surface area contributed by atoms with Crippen molar-refractivity contribution < 1.29 is 29.0 Å². The SMILES string of the molecule is CC(C)(C)C#Cc1cc(N(C(=O)[C@H]2CC[C@H](C)CC2)C2CCN(C(=O)O[C@H]3CNC(=O)C3)CC2)c(C(=O)O)s1. The summed E-state index contributed by atoms with van der Waals surface area (Å²) in [6.45, 7) is 9.26. The van der Waals surface area contributed by atoms with Gasteiger partial charge in [-0.15, -0.1) is 11.3 Å². The molecule has 1 aliphatic carbocycles. The van der Waals surface area contributed by atoms with E-state index >= 15 is 0 Å². The molecule has 39 heavy (non-hydrogen) atoms.